The zero-order chi connectivity index (χ0) is 21.4. The molecule has 1 N–H and O–H groups in total. The van der Waals surface area contributed by atoms with Gasteiger partial charge in [0.1, 0.15) is 23.9 Å². The first-order valence-corrected chi connectivity index (χ1v) is 8.63. The topological polar surface area (TPSA) is 125 Å². The molecule has 3 aromatic rings. The maximum atomic E-state index is 13.3. The van der Waals surface area contributed by atoms with Crippen molar-refractivity contribution in [3.63, 3.8) is 0 Å². The molecule has 0 saturated carbocycles. The first-order valence-electron chi connectivity index (χ1n) is 8.63. The lowest BCUT2D eigenvalue weighted by Gasteiger charge is -2.11. The minimum Gasteiger partial charge on any atom is -0.488 e. The summed E-state index contributed by atoms with van der Waals surface area (Å²) in [7, 11) is 0. The Morgan fingerprint density at radius 3 is 2.43 bits per heavy atom. The van der Waals surface area contributed by atoms with E-state index in [0.29, 0.717) is 16.8 Å². The van der Waals surface area contributed by atoms with Crippen LogP contribution in [0.4, 0.5) is 27.1 Å². The van der Waals surface area contributed by atoms with Crippen molar-refractivity contribution >= 4 is 28.5 Å². The summed E-state index contributed by atoms with van der Waals surface area (Å²) in [6, 6.07) is 11.6. The lowest BCUT2D eigenvalue weighted by Crippen LogP contribution is -2.04. The van der Waals surface area contributed by atoms with Gasteiger partial charge < -0.3 is 10.1 Å². The molecule has 4 rings (SSSR count). The number of carbonyl (C=O) groups excluding carboxylic acids is 1. The van der Waals surface area contributed by atoms with Crippen LogP contribution in [0.1, 0.15) is 21.5 Å². The number of benzene rings is 3. The predicted molar refractivity (Wildman–Crippen MR) is 104 cm³/mol. The van der Waals surface area contributed by atoms with E-state index in [4.69, 9.17) is 4.74 Å². The van der Waals surface area contributed by atoms with Gasteiger partial charge in [-0.25, -0.2) is 4.39 Å². The smallest absolute Gasteiger partial charge is 0.295 e. The van der Waals surface area contributed by atoms with Gasteiger partial charge in [-0.3, -0.25) is 25.0 Å². The van der Waals surface area contributed by atoms with Crippen LogP contribution in [0.5, 0.6) is 5.75 Å². The van der Waals surface area contributed by atoms with Gasteiger partial charge in [-0.05, 0) is 30.3 Å². The van der Waals surface area contributed by atoms with Crippen molar-refractivity contribution in [2.24, 2.45) is 0 Å². The second kappa shape index (κ2) is 7.24. The zero-order valence-electron chi connectivity index (χ0n) is 15.1. The molecule has 30 heavy (non-hydrogen) atoms. The molecule has 150 valence electrons. The molecule has 1 heterocycles. The number of nitro benzene ring substituents is 2. The summed E-state index contributed by atoms with van der Waals surface area (Å²) >= 11 is 0. The van der Waals surface area contributed by atoms with Crippen molar-refractivity contribution in [2.75, 3.05) is 5.32 Å². The van der Waals surface area contributed by atoms with Crippen LogP contribution in [0, 0.1) is 26.0 Å². The highest BCUT2D eigenvalue weighted by atomic mass is 19.1. The maximum absolute atomic E-state index is 13.3. The number of nitro groups is 2. The number of ether oxygens (including phenoxy) is 1. The molecule has 0 aliphatic carbocycles. The first-order chi connectivity index (χ1) is 14.3. The molecular formula is C20H12FN3O6. The van der Waals surface area contributed by atoms with E-state index in [0.717, 1.165) is 12.1 Å². The lowest BCUT2D eigenvalue weighted by molar-refractivity contribution is -0.385. The molecule has 0 amide bonds. The van der Waals surface area contributed by atoms with E-state index >= 15 is 0 Å². The number of halogens is 1. The van der Waals surface area contributed by atoms with Gasteiger partial charge >= 0.3 is 0 Å². The Labute approximate surface area is 168 Å². The molecule has 0 spiro atoms. The number of non-ortho nitro benzene ring substituents is 1. The summed E-state index contributed by atoms with van der Waals surface area (Å²) in [4.78, 5) is 33.7. The Balaban J connectivity index is 1.68. The van der Waals surface area contributed by atoms with Crippen molar-refractivity contribution in [1.29, 1.82) is 0 Å². The molecule has 10 heteroatoms. The fourth-order valence-corrected chi connectivity index (χ4v) is 3.16. The van der Waals surface area contributed by atoms with Gasteiger partial charge in [-0.1, -0.05) is 0 Å². The van der Waals surface area contributed by atoms with Gasteiger partial charge in [-0.2, -0.15) is 0 Å². The Kier molecular flexibility index (Phi) is 4.59. The van der Waals surface area contributed by atoms with Crippen molar-refractivity contribution < 1.29 is 23.8 Å². The average Bonchev–Trinajstić information content (AvgIpc) is 2.85. The molecular weight excluding hydrogens is 397 g/mol. The second-order valence-electron chi connectivity index (χ2n) is 6.47. The molecule has 0 saturated heterocycles. The number of fused-ring (bicyclic) bond motifs is 2. The van der Waals surface area contributed by atoms with Crippen molar-refractivity contribution in [3.05, 3.63) is 97.3 Å². The first kappa shape index (κ1) is 19.0. The van der Waals surface area contributed by atoms with Gasteiger partial charge in [0, 0.05) is 35.0 Å². The van der Waals surface area contributed by atoms with E-state index in [9.17, 15) is 29.4 Å². The van der Waals surface area contributed by atoms with Gasteiger partial charge in [0.05, 0.1) is 21.5 Å². The summed E-state index contributed by atoms with van der Waals surface area (Å²) < 4.78 is 19.0. The van der Waals surface area contributed by atoms with E-state index in [2.05, 4.69) is 5.32 Å². The molecule has 0 fully saturated rings. The third kappa shape index (κ3) is 3.41. The summed E-state index contributed by atoms with van der Waals surface area (Å²) in [5.41, 5.74) is 0.794. The van der Waals surface area contributed by atoms with Crippen LogP contribution in [-0.2, 0) is 6.61 Å². The van der Waals surface area contributed by atoms with E-state index < -0.39 is 21.4 Å². The van der Waals surface area contributed by atoms with E-state index in [1.165, 1.54) is 42.5 Å². The molecule has 3 aromatic carbocycles. The highest BCUT2D eigenvalue weighted by Gasteiger charge is 2.25. The fourth-order valence-electron chi connectivity index (χ4n) is 3.16. The van der Waals surface area contributed by atoms with E-state index in [1.54, 1.807) is 0 Å². The number of ketones is 1. The van der Waals surface area contributed by atoms with E-state index in [1.807, 2.05) is 0 Å². The third-order valence-corrected chi connectivity index (χ3v) is 4.59. The van der Waals surface area contributed by atoms with E-state index in [-0.39, 0.29) is 35.1 Å². The molecule has 0 aromatic heterocycles. The molecule has 1 aliphatic rings. The van der Waals surface area contributed by atoms with Gasteiger partial charge in [0.15, 0.2) is 5.78 Å². The minimum atomic E-state index is -0.741. The Bertz CT molecular complexity index is 1230. The van der Waals surface area contributed by atoms with Crippen LogP contribution in [0.3, 0.4) is 0 Å². The SMILES string of the molecule is O=C1c2ccc([N+](=O)[O-])cc2COc2cc(Nc3ccc(F)cc3[N+](=O)[O-])ccc21. The van der Waals surface area contributed by atoms with Crippen LogP contribution in [0.15, 0.2) is 54.6 Å². The highest BCUT2D eigenvalue weighted by Crippen LogP contribution is 2.34. The summed E-state index contributed by atoms with van der Waals surface area (Å²) in [6.45, 7) is -0.0596. The molecule has 0 unspecified atom stereocenters. The number of nitrogens with one attached hydrogen (secondary N) is 1. The summed E-state index contributed by atoms with van der Waals surface area (Å²) in [6.07, 6.45) is 0. The Morgan fingerprint density at radius 2 is 1.70 bits per heavy atom. The van der Waals surface area contributed by atoms with Crippen LogP contribution in [0.2, 0.25) is 0 Å². The van der Waals surface area contributed by atoms with Crippen LogP contribution in [-0.4, -0.2) is 15.6 Å². The average molecular weight is 409 g/mol. The van der Waals surface area contributed by atoms with Gasteiger partial charge in [0.25, 0.3) is 11.4 Å². The number of nitrogens with zero attached hydrogens (tertiary/aromatic N) is 2. The highest BCUT2D eigenvalue weighted by molar-refractivity contribution is 6.12. The Hall–Kier alpha value is -4.34. The van der Waals surface area contributed by atoms with Crippen LogP contribution in [0.25, 0.3) is 0 Å². The summed E-state index contributed by atoms with van der Waals surface area (Å²) in [5, 5.41) is 25.0. The second-order valence-corrected chi connectivity index (χ2v) is 6.47. The maximum Gasteiger partial charge on any atom is 0.295 e. The fraction of sp³-hybridized carbons (Fsp3) is 0.0500. The number of hydrogen-bond donors (Lipinski definition) is 1. The Morgan fingerprint density at radius 1 is 0.933 bits per heavy atom. The largest absolute Gasteiger partial charge is 0.488 e. The molecule has 0 bridgehead atoms. The van der Waals surface area contributed by atoms with Crippen molar-refractivity contribution in [1.82, 2.24) is 0 Å². The van der Waals surface area contributed by atoms with Crippen LogP contribution >= 0.6 is 0 Å². The molecule has 0 radical (unpaired) electrons. The molecule has 0 atom stereocenters. The van der Waals surface area contributed by atoms with Gasteiger partial charge in [-0.15, -0.1) is 0 Å². The monoisotopic (exact) mass is 409 g/mol. The number of rotatable bonds is 4. The van der Waals surface area contributed by atoms with Crippen molar-refractivity contribution in [2.45, 2.75) is 6.61 Å². The predicted octanol–water partition coefficient (Wildman–Crippen LogP) is 4.51. The summed E-state index contributed by atoms with van der Waals surface area (Å²) in [5.74, 6) is -0.879. The number of anilines is 2. The third-order valence-electron chi connectivity index (χ3n) is 4.59. The quantitative estimate of drug-likeness (QED) is 0.496. The van der Waals surface area contributed by atoms with Gasteiger partial charge in [0.2, 0.25) is 0 Å². The number of hydrogen-bond acceptors (Lipinski definition) is 7. The van der Waals surface area contributed by atoms with Crippen molar-refractivity contribution in [3.8, 4) is 5.75 Å². The zero-order valence-corrected chi connectivity index (χ0v) is 15.1. The molecule has 9 nitrogen and oxygen atoms in total. The normalized spacial score (nSPS) is 12.2. The molecule has 1 aliphatic heterocycles. The minimum absolute atomic E-state index is 0.0596. The number of carbonyl (C=O) groups is 1. The lowest BCUT2D eigenvalue weighted by atomic mass is 9.98. The van der Waals surface area contributed by atoms with Crippen LogP contribution < -0.4 is 10.1 Å². The standard InChI is InChI=1S/C20H12FN3O6/c21-12-1-6-17(18(8-12)24(28)29)22-13-2-4-16-19(9-13)30-10-11-7-14(23(26)27)3-5-15(11)20(16)25/h1-9,22H,10H2.